The highest BCUT2D eigenvalue weighted by Gasteiger charge is 2.07. The first-order chi connectivity index (χ1) is 6.65. The molecule has 1 aromatic carbocycles. The predicted octanol–water partition coefficient (Wildman–Crippen LogP) is 2.19. The molecule has 1 aromatic rings. The van der Waals surface area contributed by atoms with Crippen LogP contribution in [-0.2, 0) is 0 Å². The van der Waals surface area contributed by atoms with Crippen LogP contribution in [0.3, 0.4) is 0 Å². The van der Waals surface area contributed by atoms with Crippen molar-refractivity contribution < 1.29 is 5.11 Å². The smallest absolute Gasteiger partial charge is 0.0802 e. The molecule has 1 rings (SSSR count). The van der Waals surface area contributed by atoms with Gasteiger partial charge in [-0.15, -0.1) is 0 Å². The Morgan fingerprint density at radius 3 is 2.50 bits per heavy atom. The van der Waals surface area contributed by atoms with Crippen molar-refractivity contribution >= 4 is 0 Å². The van der Waals surface area contributed by atoms with Crippen LogP contribution in [-0.4, -0.2) is 11.7 Å². The normalized spacial score (nSPS) is 13.2. The van der Waals surface area contributed by atoms with Crippen molar-refractivity contribution in [3.05, 3.63) is 35.4 Å². The van der Waals surface area contributed by atoms with E-state index in [1.54, 1.807) is 0 Å². The van der Waals surface area contributed by atoms with Gasteiger partial charge in [-0.3, -0.25) is 0 Å². The molecule has 0 amide bonds. The minimum absolute atomic E-state index is 0.418. The molecule has 0 fully saturated rings. The standard InChI is InChI=1S/C12H19NO/c1-9(2)10-4-3-5-11(8-10)12(14)6-7-13/h3-5,8-9,12,14H,6-7,13H2,1-2H3. The van der Waals surface area contributed by atoms with Crippen LogP contribution in [0.4, 0.5) is 0 Å². The van der Waals surface area contributed by atoms with Crippen molar-refractivity contribution in [2.45, 2.75) is 32.3 Å². The van der Waals surface area contributed by atoms with Crippen molar-refractivity contribution in [1.82, 2.24) is 0 Å². The third kappa shape index (κ3) is 2.82. The van der Waals surface area contributed by atoms with Crippen molar-refractivity contribution in [3.8, 4) is 0 Å². The molecule has 0 aliphatic carbocycles. The number of nitrogens with two attached hydrogens (primary N) is 1. The summed E-state index contributed by atoms with van der Waals surface area (Å²) in [6, 6.07) is 8.09. The monoisotopic (exact) mass is 193 g/mol. The van der Waals surface area contributed by atoms with Gasteiger partial charge in [-0.1, -0.05) is 38.1 Å². The van der Waals surface area contributed by atoms with Crippen LogP contribution in [0.15, 0.2) is 24.3 Å². The van der Waals surface area contributed by atoms with E-state index >= 15 is 0 Å². The first kappa shape index (κ1) is 11.2. The van der Waals surface area contributed by atoms with Crippen molar-refractivity contribution in [2.24, 2.45) is 5.73 Å². The SMILES string of the molecule is CC(C)c1cccc(C(O)CCN)c1. The van der Waals surface area contributed by atoms with E-state index in [2.05, 4.69) is 26.0 Å². The van der Waals surface area contributed by atoms with E-state index in [1.807, 2.05) is 12.1 Å². The van der Waals surface area contributed by atoms with Crippen molar-refractivity contribution in [1.29, 1.82) is 0 Å². The topological polar surface area (TPSA) is 46.2 Å². The fourth-order valence-electron chi connectivity index (χ4n) is 1.45. The van der Waals surface area contributed by atoms with E-state index in [0.29, 0.717) is 18.9 Å². The molecule has 14 heavy (non-hydrogen) atoms. The van der Waals surface area contributed by atoms with Crippen LogP contribution in [0.2, 0.25) is 0 Å². The van der Waals surface area contributed by atoms with Gasteiger partial charge in [0, 0.05) is 0 Å². The van der Waals surface area contributed by atoms with Gasteiger partial charge in [0.15, 0.2) is 0 Å². The largest absolute Gasteiger partial charge is 0.388 e. The van der Waals surface area contributed by atoms with Gasteiger partial charge in [0.2, 0.25) is 0 Å². The summed E-state index contributed by atoms with van der Waals surface area (Å²) in [6.07, 6.45) is 0.209. The van der Waals surface area contributed by atoms with Crippen molar-refractivity contribution in [3.63, 3.8) is 0 Å². The van der Waals surface area contributed by atoms with Gasteiger partial charge in [0.25, 0.3) is 0 Å². The number of hydrogen-bond acceptors (Lipinski definition) is 2. The molecule has 1 atom stereocenters. The van der Waals surface area contributed by atoms with Crippen LogP contribution in [0, 0.1) is 0 Å². The van der Waals surface area contributed by atoms with Crippen LogP contribution in [0.5, 0.6) is 0 Å². The Kier molecular flexibility index (Phi) is 4.11. The summed E-state index contributed by atoms with van der Waals surface area (Å²) >= 11 is 0. The van der Waals surface area contributed by atoms with Gasteiger partial charge >= 0.3 is 0 Å². The maximum atomic E-state index is 9.75. The van der Waals surface area contributed by atoms with Gasteiger partial charge in [-0.05, 0) is 30.0 Å². The molecule has 0 aromatic heterocycles. The molecule has 0 heterocycles. The Labute approximate surface area is 85.8 Å². The summed E-state index contributed by atoms with van der Waals surface area (Å²) in [5.74, 6) is 0.500. The van der Waals surface area contributed by atoms with E-state index in [4.69, 9.17) is 5.73 Å². The van der Waals surface area contributed by atoms with Crippen molar-refractivity contribution in [2.75, 3.05) is 6.54 Å². The molecular formula is C12H19NO. The zero-order valence-corrected chi connectivity index (χ0v) is 8.90. The van der Waals surface area contributed by atoms with Crippen LogP contribution < -0.4 is 5.73 Å². The van der Waals surface area contributed by atoms with E-state index in [0.717, 1.165) is 5.56 Å². The maximum absolute atomic E-state index is 9.75. The fourth-order valence-corrected chi connectivity index (χ4v) is 1.45. The van der Waals surface area contributed by atoms with Gasteiger partial charge in [-0.2, -0.15) is 0 Å². The first-order valence-electron chi connectivity index (χ1n) is 5.13. The van der Waals surface area contributed by atoms with Crippen LogP contribution >= 0.6 is 0 Å². The van der Waals surface area contributed by atoms with E-state index in [-0.39, 0.29) is 0 Å². The number of aliphatic hydroxyl groups excluding tert-OH is 1. The average Bonchev–Trinajstić information content (AvgIpc) is 2.18. The first-order valence-corrected chi connectivity index (χ1v) is 5.13. The molecule has 78 valence electrons. The molecule has 0 aliphatic rings. The molecule has 0 spiro atoms. The fraction of sp³-hybridized carbons (Fsp3) is 0.500. The predicted molar refractivity (Wildman–Crippen MR) is 59.2 cm³/mol. The quantitative estimate of drug-likeness (QED) is 0.770. The minimum atomic E-state index is -0.418. The number of rotatable bonds is 4. The molecule has 0 radical (unpaired) electrons. The van der Waals surface area contributed by atoms with Gasteiger partial charge in [0.1, 0.15) is 0 Å². The Bertz CT molecular complexity index is 283. The van der Waals surface area contributed by atoms with Gasteiger partial charge in [-0.25, -0.2) is 0 Å². The lowest BCUT2D eigenvalue weighted by atomic mass is 9.98. The minimum Gasteiger partial charge on any atom is -0.388 e. The van der Waals surface area contributed by atoms with Gasteiger partial charge in [0.05, 0.1) is 6.10 Å². The summed E-state index contributed by atoms with van der Waals surface area (Å²) < 4.78 is 0. The molecule has 2 nitrogen and oxygen atoms in total. The summed E-state index contributed by atoms with van der Waals surface area (Å²) in [7, 11) is 0. The lowest BCUT2D eigenvalue weighted by molar-refractivity contribution is 0.170. The number of benzene rings is 1. The molecule has 0 saturated heterocycles. The summed E-state index contributed by atoms with van der Waals surface area (Å²) in [5.41, 5.74) is 7.64. The Morgan fingerprint density at radius 2 is 1.93 bits per heavy atom. The highest BCUT2D eigenvalue weighted by Crippen LogP contribution is 2.21. The third-order valence-corrected chi connectivity index (χ3v) is 2.40. The third-order valence-electron chi connectivity index (χ3n) is 2.40. The summed E-state index contributed by atoms with van der Waals surface area (Å²) in [5, 5.41) is 9.75. The molecule has 0 bridgehead atoms. The van der Waals surface area contributed by atoms with Crippen LogP contribution in [0.1, 0.15) is 43.4 Å². The lowest BCUT2D eigenvalue weighted by Crippen LogP contribution is -2.07. The molecule has 2 heteroatoms. The molecule has 3 N–H and O–H groups in total. The van der Waals surface area contributed by atoms with E-state index in [9.17, 15) is 5.11 Å². The highest BCUT2D eigenvalue weighted by molar-refractivity contribution is 5.27. The van der Waals surface area contributed by atoms with Crippen LogP contribution in [0.25, 0.3) is 0 Å². The zero-order chi connectivity index (χ0) is 10.6. The second-order valence-corrected chi connectivity index (χ2v) is 3.92. The lowest BCUT2D eigenvalue weighted by Gasteiger charge is -2.12. The van der Waals surface area contributed by atoms with Gasteiger partial charge < -0.3 is 10.8 Å². The second-order valence-electron chi connectivity index (χ2n) is 3.92. The molecule has 0 saturated carbocycles. The summed E-state index contributed by atoms with van der Waals surface area (Å²) in [6.45, 7) is 4.82. The molecule has 1 unspecified atom stereocenters. The Hall–Kier alpha value is -0.860. The zero-order valence-electron chi connectivity index (χ0n) is 8.90. The highest BCUT2D eigenvalue weighted by atomic mass is 16.3. The number of hydrogen-bond donors (Lipinski definition) is 2. The average molecular weight is 193 g/mol. The maximum Gasteiger partial charge on any atom is 0.0802 e. The van der Waals surface area contributed by atoms with E-state index in [1.165, 1.54) is 5.56 Å². The van der Waals surface area contributed by atoms with E-state index < -0.39 is 6.10 Å². The Morgan fingerprint density at radius 1 is 1.29 bits per heavy atom. The number of aliphatic hydroxyl groups is 1. The summed E-state index contributed by atoms with van der Waals surface area (Å²) in [4.78, 5) is 0. The Balaban J connectivity index is 2.82. The second kappa shape index (κ2) is 5.13. The molecule has 0 aliphatic heterocycles. The molecular weight excluding hydrogens is 174 g/mol.